The molecule has 0 fully saturated rings. The molecule has 0 bridgehead atoms. The van der Waals surface area contributed by atoms with E-state index < -0.39 is 0 Å². The van der Waals surface area contributed by atoms with E-state index in [-0.39, 0.29) is 6.04 Å². The van der Waals surface area contributed by atoms with E-state index in [0.717, 1.165) is 23.4 Å². The number of halogens is 2. The van der Waals surface area contributed by atoms with Crippen molar-refractivity contribution in [1.82, 2.24) is 4.98 Å². The van der Waals surface area contributed by atoms with Gasteiger partial charge in [0.1, 0.15) is 5.01 Å². The summed E-state index contributed by atoms with van der Waals surface area (Å²) in [7, 11) is 0. The normalized spacial score (nSPS) is 15.7. The maximum Gasteiger partial charge on any atom is 0.115 e. The monoisotopic (exact) mass is 298 g/mol. The number of hydrogen-bond acceptors (Lipinski definition) is 3. The maximum absolute atomic E-state index is 6.26. The van der Waals surface area contributed by atoms with Crippen molar-refractivity contribution in [3.63, 3.8) is 0 Å². The fourth-order valence-electron chi connectivity index (χ4n) is 2.27. The molecule has 1 aliphatic rings. The SMILES string of the molecule is NC(c1nc2c(s1)CCC2)c1c(Cl)cccc1Cl. The Bertz CT molecular complexity index is 553. The third-order valence-corrected chi connectivity index (χ3v) is 5.09. The lowest BCUT2D eigenvalue weighted by Crippen LogP contribution is -2.13. The summed E-state index contributed by atoms with van der Waals surface area (Å²) >= 11 is 14.1. The van der Waals surface area contributed by atoms with Gasteiger partial charge in [-0.25, -0.2) is 4.98 Å². The van der Waals surface area contributed by atoms with E-state index in [9.17, 15) is 0 Å². The Morgan fingerprint density at radius 2 is 1.94 bits per heavy atom. The van der Waals surface area contributed by atoms with E-state index in [1.54, 1.807) is 11.3 Å². The number of rotatable bonds is 2. The molecule has 0 saturated heterocycles. The van der Waals surface area contributed by atoms with Crippen LogP contribution in [-0.2, 0) is 12.8 Å². The van der Waals surface area contributed by atoms with Crippen LogP contribution in [0.15, 0.2) is 18.2 Å². The van der Waals surface area contributed by atoms with Gasteiger partial charge in [-0.1, -0.05) is 29.3 Å². The molecule has 0 radical (unpaired) electrons. The number of benzene rings is 1. The molecule has 18 heavy (non-hydrogen) atoms. The zero-order chi connectivity index (χ0) is 12.7. The summed E-state index contributed by atoms with van der Waals surface area (Å²) in [5.41, 5.74) is 8.23. The van der Waals surface area contributed by atoms with Gasteiger partial charge in [0, 0.05) is 20.5 Å². The highest BCUT2D eigenvalue weighted by Gasteiger charge is 2.23. The Labute approximate surface area is 120 Å². The number of aromatic nitrogens is 1. The molecule has 2 nitrogen and oxygen atoms in total. The van der Waals surface area contributed by atoms with Crippen LogP contribution in [-0.4, -0.2) is 4.98 Å². The molecule has 1 aromatic carbocycles. The van der Waals surface area contributed by atoms with Crippen LogP contribution in [0.25, 0.3) is 0 Å². The molecule has 1 atom stereocenters. The summed E-state index contributed by atoms with van der Waals surface area (Å²) in [5, 5.41) is 2.12. The molecule has 1 aromatic heterocycles. The Hall–Kier alpha value is -0.610. The molecule has 2 N–H and O–H groups in total. The van der Waals surface area contributed by atoms with Gasteiger partial charge in [-0.05, 0) is 31.4 Å². The fourth-order valence-corrected chi connectivity index (χ4v) is 4.07. The first-order valence-electron chi connectivity index (χ1n) is 5.85. The molecule has 0 spiro atoms. The van der Waals surface area contributed by atoms with Gasteiger partial charge in [0.05, 0.1) is 11.7 Å². The van der Waals surface area contributed by atoms with Crippen LogP contribution in [0.5, 0.6) is 0 Å². The molecule has 0 aliphatic heterocycles. The average Bonchev–Trinajstić information content (AvgIpc) is 2.88. The zero-order valence-electron chi connectivity index (χ0n) is 9.62. The van der Waals surface area contributed by atoms with Gasteiger partial charge in [-0.2, -0.15) is 0 Å². The van der Waals surface area contributed by atoms with E-state index in [2.05, 4.69) is 4.98 Å². The molecule has 1 unspecified atom stereocenters. The van der Waals surface area contributed by atoms with Crippen LogP contribution in [0.1, 0.15) is 33.6 Å². The second-order valence-electron chi connectivity index (χ2n) is 4.39. The zero-order valence-corrected chi connectivity index (χ0v) is 11.9. The maximum atomic E-state index is 6.26. The quantitative estimate of drug-likeness (QED) is 0.910. The topological polar surface area (TPSA) is 38.9 Å². The highest BCUT2D eigenvalue weighted by atomic mass is 35.5. The van der Waals surface area contributed by atoms with Crippen molar-refractivity contribution in [2.45, 2.75) is 25.3 Å². The average molecular weight is 299 g/mol. The third kappa shape index (κ3) is 2.05. The molecule has 2 aromatic rings. The van der Waals surface area contributed by atoms with E-state index in [4.69, 9.17) is 28.9 Å². The van der Waals surface area contributed by atoms with E-state index in [0.29, 0.717) is 10.0 Å². The standard InChI is InChI=1S/C13H12Cl2N2S/c14-7-3-1-4-8(15)11(7)12(16)13-17-9-5-2-6-10(9)18-13/h1,3-4,12H,2,5-6,16H2. The Morgan fingerprint density at radius 1 is 1.22 bits per heavy atom. The van der Waals surface area contributed by atoms with Crippen molar-refractivity contribution in [3.8, 4) is 0 Å². The van der Waals surface area contributed by atoms with Crippen LogP contribution in [0.2, 0.25) is 10.0 Å². The minimum absolute atomic E-state index is 0.332. The molecule has 0 amide bonds. The van der Waals surface area contributed by atoms with Gasteiger partial charge < -0.3 is 5.73 Å². The molecule has 0 saturated carbocycles. The minimum Gasteiger partial charge on any atom is -0.318 e. The van der Waals surface area contributed by atoms with E-state index in [1.807, 2.05) is 18.2 Å². The lowest BCUT2D eigenvalue weighted by atomic mass is 10.1. The van der Waals surface area contributed by atoms with Crippen molar-refractivity contribution in [3.05, 3.63) is 49.4 Å². The number of thiazole rings is 1. The molecule has 94 valence electrons. The molecule has 5 heteroatoms. The highest BCUT2D eigenvalue weighted by molar-refractivity contribution is 7.11. The van der Waals surface area contributed by atoms with Gasteiger partial charge in [-0.15, -0.1) is 11.3 Å². The first-order chi connectivity index (χ1) is 8.66. The van der Waals surface area contributed by atoms with Crippen LogP contribution in [0.4, 0.5) is 0 Å². The first-order valence-corrected chi connectivity index (χ1v) is 7.42. The number of nitrogens with zero attached hydrogens (tertiary/aromatic N) is 1. The summed E-state index contributed by atoms with van der Waals surface area (Å²) < 4.78 is 0. The van der Waals surface area contributed by atoms with Crippen molar-refractivity contribution >= 4 is 34.5 Å². The van der Waals surface area contributed by atoms with E-state index >= 15 is 0 Å². The highest BCUT2D eigenvalue weighted by Crippen LogP contribution is 2.36. The van der Waals surface area contributed by atoms with Gasteiger partial charge in [-0.3, -0.25) is 0 Å². The number of hydrogen-bond donors (Lipinski definition) is 1. The van der Waals surface area contributed by atoms with Crippen LogP contribution >= 0.6 is 34.5 Å². The largest absolute Gasteiger partial charge is 0.318 e. The molecular formula is C13H12Cl2N2S. The van der Waals surface area contributed by atoms with Crippen LogP contribution in [0, 0.1) is 0 Å². The second-order valence-corrected chi connectivity index (χ2v) is 6.32. The minimum atomic E-state index is -0.332. The Morgan fingerprint density at radius 3 is 2.61 bits per heavy atom. The number of nitrogens with two attached hydrogens (primary N) is 1. The van der Waals surface area contributed by atoms with Crippen molar-refractivity contribution in [2.75, 3.05) is 0 Å². The van der Waals surface area contributed by atoms with Crippen LogP contribution in [0.3, 0.4) is 0 Å². The third-order valence-electron chi connectivity index (χ3n) is 3.19. The lowest BCUT2D eigenvalue weighted by molar-refractivity contribution is 0.834. The molecule has 1 aliphatic carbocycles. The summed E-state index contributed by atoms with van der Waals surface area (Å²) in [6.07, 6.45) is 3.39. The fraction of sp³-hybridized carbons (Fsp3) is 0.308. The van der Waals surface area contributed by atoms with E-state index in [1.165, 1.54) is 17.0 Å². The van der Waals surface area contributed by atoms with Gasteiger partial charge in [0.25, 0.3) is 0 Å². The van der Waals surface area contributed by atoms with Crippen molar-refractivity contribution in [2.24, 2.45) is 5.73 Å². The number of aryl methyl sites for hydroxylation is 2. The van der Waals surface area contributed by atoms with Gasteiger partial charge in [0.2, 0.25) is 0 Å². The predicted octanol–water partition coefficient (Wildman–Crippen LogP) is 3.99. The molecule has 1 heterocycles. The predicted molar refractivity (Wildman–Crippen MR) is 76.6 cm³/mol. The summed E-state index contributed by atoms with van der Waals surface area (Å²) in [6, 6.07) is 5.11. The Kier molecular flexibility index (Phi) is 3.32. The first kappa shape index (κ1) is 12.4. The summed E-state index contributed by atoms with van der Waals surface area (Å²) in [5.74, 6) is 0. The number of fused-ring (bicyclic) bond motifs is 1. The van der Waals surface area contributed by atoms with Gasteiger partial charge >= 0.3 is 0 Å². The Balaban J connectivity index is 2.01. The van der Waals surface area contributed by atoms with Gasteiger partial charge in [0.15, 0.2) is 0 Å². The van der Waals surface area contributed by atoms with Crippen molar-refractivity contribution < 1.29 is 0 Å². The van der Waals surface area contributed by atoms with Crippen LogP contribution < -0.4 is 5.73 Å². The van der Waals surface area contributed by atoms with Crippen molar-refractivity contribution in [1.29, 1.82) is 0 Å². The summed E-state index contributed by atoms with van der Waals surface area (Å²) in [6.45, 7) is 0. The smallest absolute Gasteiger partial charge is 0.115 e. The molecule has 3 rings (SSSR count). The summed E-state index contributed by atoms with van der Waals surface area (Å²) in [4.78, 5) is 5.99. The second kappa shape index (κ2) is 4.82. The lowest BCUT2D eigenvalue weighted by Gasteiger charge is -2.13. The molecular weight excluding hydrogens is 287 g/mol.